The smallest absolute Gasteiger partial charge is 0.0999 e. The van der Waals surface area contributed by atoms with E-state index in [4.69, 9.17) is 0 Å². The third-order valence-corrected chi connectivity index (χ3v) is 4.04. The molecule has 1 aliphatic rings. The van der Waals surface area contributed by atoms with Gasteiger partial charge in [0.05, 0.1) is 6.17 Å². The summed E-state index contributed by atoms with van der Waals surface area (Å²) in [6.45, 7) is 1.06. The first-order valence-corrected chi connectivity index (χ1v) is 7.78. The fourth-order valence-corrected chi connectivity index (χ4v) is 2.92. The van der Waals surface area contributed by atoms with E-state index >= 15 is 0 Å². The molecule has 0 spiro atoms. The van der Waals surface area contributed by atoms with Crippen LogP contribution >= 0.6 is 0 Å². The number of nitrogens with zero attached hydrogens (tertiary/aromatic N) is 1. The van der Waals surface area contributed by atoms with Crippen molar-refractivity contribution in [3.8, 4) is 0 Å². The molecule has 2 nitrogen and oxygen atoms in total. The minimum Gasteiger partial charge on any atom is -0.296 e. The Balaban J connectivity index is 1.86. The molecule has 21 heavy (non-hydrogen) atoms. The lowest BCUT2D eigenvalue weighted by Crippen LogP contribution is -2.29. The van der Waals surface area contributed by atoms with Crippen molar-refractivity contribution in [3.63, 3.8) is 0 Å². The molecule has 2 aromatic rings. The fraction of sp³-hybridized carbons (Fsp3) is 0.316. The van der Waals surface area contributed by atoms with E-state index in [1.54, 1.807) is 0 Å². The summed E-state index contributed by atoms with van der Waals surface area (Å²) in [5, 5.41) is 3.55. The van der Waals surface area contributed by atoms with Crippen LogP contribution in [0.25, 0.3) is 0 Å². The van der Waals surface area contributed by atoms with Gasteiger partial charge in [-0.3, -0.25) is 10.3 Å². The minimum atomic E-state index is 0.220. The molecule has 108 valence electrons. The van der Waals surface area contributed by atoms with Gasteiger partial charge in [-0.2, -0.15) is 0 Å². The Labute approximate surface area is 126 Å². The van der Waals surface area contributed by atoms with Crippen LogP contribution in [0.15, 0.2) is 65.7 Å². The molecule has 0 bridgehead atoms. The minimum absolute atomic E-state index is 0.220. The van der Waals surface area contributed by atoms with Gasteiger partial charge in [0, 0.05) is 12.1 Å². The molecule has 0 amide bonds. The van der Waals surface area contributed by atoms with Crippen LogP contribution in [0.1, 0.15) is 36.3 Å². The molecule has 0 aromatic heterocycles. The first-order chi connectivity index (χ1) is 10.4. The van der Waals surface area contributed by atoms with Gasteiger partial charge in [-0.05, 0) is 36.9 Å². The average Bonchev–Trinajstić information content (AvgIpc) is 2.83. The van der Waals surface area contributed by atoms with Crippen molar-refractivity contribution < 1.29 is 0 Å². The van der Waals surface area contributed by atoms with Gasteiger partial charge in [-0.15, -0.1) is 0 Å². The van der Waals surface area contributed by atoms with Gasteiger partial charge in [0.2, 0.25) is 0 Å². The zero-order chi connectivity index (χ0) is 14.3. The quantitative estimate of drug-likeness (QED) is 0.898. The Morgan fingerprint density at radius 3 is 2.19 bits per heavy atom. The summed E-state index contributed by atoms with van der Waals surface area (Å²) in [6.07, 6.45) is 5.58. The van der Waals surface area contributed by atoms with E-state index in [-0.39, 0.29) is 6.17 Å². The third-order valence-electron chi connectivity index (χ3n) is 4.04. The summed E-state index contributed by atoms with van der Waals surface area (Å²) in [4.78, 5) is 4.68. The SMILES string of the molecule is C1=NC(CC(c2ccccc2)c2ccccc2)NCCC1. The van der Waals surface area contributed by atoms with Gasteiger partial charge < -0.3 is 0 Å². The van der Waals surface area contributed by atoms with Crippen molar-refractivity contribution in [1.82, 2.24) is 5.32 Å². The molecule has 1 N–H and O–H groups in total. The summed E-state index contributed by atoms with van der Waals surface area (Å²) in [5.41, 5.74) is 2.73. The normalized spacial score (nSPS) is 18.6. The number of hydrogen-bond acceptors (Lipinski definition) is 2. The van der Waals surface area contributed by atoms with E-state index < -0.39 is 0 Å². The zero-order valence-electron chi connectivity index (χ0n) is 12.3. The summed E-state index contributed by atoms with van der Waals surface area (Å²) in [7, 11) is 0. The Morgan fingerprint density at radius 2 is 1.57 bits per heavy atom. The maximum absolute atomic E-state index is 4.68. The third kappa shape index (κ3) is 3.79. The predicted octanol–water partition coefficient (Wildman–Crippen LogP) is 3.99. The summed E-state index contributed by atoms with van der Waals surface area (Å²) in [5.74, 6) is 0.389. The number of aliphatic imine (C=N–C) groups is 1. The maximum atomic E-state index is 4.68. The highest BCUT2D eigenvalue weighted by molar-refractivity contribution is 5.57. The lowest BCUT2D eigenvalue weighted by atomic mass is 9.87. The Hall–Kier alpha value is -1.93. The van der Waals surface area contributed by atoms with Gasteiger partial charge in [-0.1, -0.05) is 60.7 Å². The summed E-state index contributed by atoms with van der Waals surface area (Å²) < 4.78 is 0. The number of nitrogens with one attached hydrogen (secondary N) is 1. The van der Waals surface area contributed by atoms with Crippen LogP contribution in [0.3, 0.4) is 0 Å². The van der Waals surface area contributed by atoms with Gasteiger partial charge >= 0.3 is 0 Å². The molecule has 1 unspecified atom stereocenters. The molecule has 1 aliphatic heterocycles. The van der Waals surface area contributed by atoms with Gasteiger partial charge in [-0.25, -0.2) is 0 Å². The molecule has 0 radical (unpaired) electrons. The van der Waals surface area contributed by atoms with Crippen molar-refractivity contribution in [2.75, 3.05) is 6.54 Å². The molecule has 1 heterocycles. The lowest BCUT2D eigenvalue weighted by Gasteiger charge is -2.22. The maximum Gasteiger partial charge on any atom is 0.0999 e. The second-order valence-electron chi connectivity index (χ2n) is 5.55. The Kier molecular flexibility index (Phi) is 4.80. The monoisotopic (exact) mass is 278 g/mol. The van der Waals surface area contributed by atoms with E-state index in [2.05, 4.69) is 77.2 Å². The molecule has 2 heteroatoms. The van der Waals surface area contributed by atoms with Crippen molar-refractivity contribution in [1.29, 1.82) is 0 Å². The van der Waals surface area contributed by atoms with E-state index in [9.17, 15) is 0 Å². The van der Waals surface area contributed by atoms with Crippen LogP contribution < -0.4 is 5.32 Å². The van der Waals surface area contributed by atoms with E-state index in [1.807, 2.05) is 0 Å². The first kappa shape index (κ1) is 14.0. The molecule has 2 aromatic carbocycles. The number of hydrogen-bond donors (Lipinski definition) is 1. The van der Waals surface area contributed by atoms with Crippen LogP contribution in [0.2, 0.25) is 0 Å². The van der Waals surface area contributed by atoms with Crippen LogP contribution in [-0.2, 0) is 0 Å². The summed E-state index contributed by atoms with van der Waals surface area (Å²) in [6, 6.07) is 21.5. The summed E-state index contributed by atoms with van der Waals surface area (Å²) >= 11 is 0. The second-order valence-corrected chi connectivity index (χ2v) is 5.55. The largest absolute Gasteiger partial charge is 0.296 e. The van der Waals surface area contributed by atoms with E-state index in [0.717, 1.165) is 19.4 Å². The van der Waals surface area contributed by atoms with Crippen LogP contribution in [0.4, 0.5) is 0 Å². The molecule has 0 saturated carbocycles. The van der Waals surface area contributed by atoms with Gasteiger partial charge in [0.15, 0.2) is 0 Å². The molecule has 0 fully saturated rings. The van der Waals surface area contributed by atoms with Crippen molar-refractivity contribution >= 4 is 6.21 Å². The topological polar surface area (TPSA) is 24.4 Å². The standard InChI is InChI=1S/C19H22N2/c1-3-9-16(10-4-1)18(17-11-5-2-6-12-17)15-19-20-13-7-8-14-21-19/h1-6,9-13,18-19,21H,7-8,14-15H2. The van der Waals surface area contributed by atoms with Crippen LogP contribution in [0, 0.1) is 0 Å². The first-order valence-electron chi connectivity index (χ1n) is 7.78. The molecular weight excluding hydrogens is 256 g/mol. The van der Waals surface area contributed by atoms with Crippen molar-refractivity contribution in [2.24, 2.45) is 4.99 Å². The second kappa shape index (κ2) is 7.19. The number of rotatable bonds is 4. The molecular formula is C19H22N2. The fourth-order valence-electron chi connectivity index (χ4n) is 2.92. The molecule has 1 atom stereocenters. The Bertz CT molecular complexity index is 523. The molecule has 0 aliphatic carbocycles. The zero-order valence-corrected chi connectivity index (χ0v) is 12.3. The van der Waals surface area contributed by atoms with Crippen molar-refractivity contribution in [3.05, 3.63) is 71.8 Å². The van der Waals surface area contributed by atoms with Gasteiger partial charge in [0.25, 0.3) is 0 Å². The predicted molar refractivity (Wildman–Crippen MR) is 88.9 cm³/mol. The lowest BCUT2D eigenvalue weighted by molar-refractivity contribution is 0.482. The highest BCUT2D eigenvalue weighted by atomic mass is 15.1. The molecule has 0 saturated heterocycles. The van der Waals surface area contributed by atoms with Crippen LogP contribution in [-0.4, -0.2) is 18.9 Å². The average molecular weight is 278 g/mol. The van der Waals surface area contributed by atoms with Crippen LogP contribution in [0.5, 0.6) is 0 Å². The highest BCUT2D eigenvalue weighted by Gasteiger charge is 2.19. The van der Waals surface area contributed by atoms with E-state index in [1.165, 1.54) is 17.5 Å². The number of benzene rings is 2. The Morgan fingerprint density at radius 1 is 0.952 bits per heavy atom. The molecule has 3 rings (SSSR count). The van der Waals surface area contributed by atoms with E-state index in [0.29, 0.717) is 5.92 Å². The van der Waals surface area contributed by atoms with Gasteiger partial charge in [0.1, 0.15) is 0 Å². The highest BCUT2D eigenvalue weighted by Crippen LogP contribution is 2.29. The van der Waals surface area contributed by atoms with Crippen molar-refractivity contribution in [2.45, 2.75) is 31.3 Å².